The van der Waals surface area contributed by atoms with Crippen LogP contribution < -0.4 is 0 Å². The Balaban J connectivity index is 2.38. The van der Waals surface area contributed by atoms with E-state index in [4.69, 9.17) is 0 Å². The summed E-state index contributed by atoms with van der Waals surface area (Å²) < 4.78 is 25.6. The molecule has 0 radical (unpaired) electrons. The van der Waals surface area contributed by atoms with Crippen molar-refractivity contribution in [3.8, 4) is 0 Å². The van der Waals surface area contributed by atoms with Gasteiger partial charge in [0, 0.05) is 11.2 Å². The fraction of sp³-hybridized carbons (Fsp3) is 1.00. The summed E-state index contributed by atoms with van der Waals surface area (Å²) in [6.45, 7) is 0. The normalized spacial score (nSPS) is 23.2. The molecule has 0 aromatic rings. The molecule has 1 aliphatic carbocycles. The SMILES string of the molecule is FC(F)(Br)CC(Br)C1CCCCCCC1. The predicted octanol–water partition coefficient (Wildman–Crippen LogP) is 5.49. The Kier molecular flexibility index (Phi) is 6.04. The smallest absolute Gasteiger partial charge is 0.194 e. The van der Waals surface area contributed by atoms with Crippen LogP contribution in [0.15, 0.2) is 0 Å². The van der Waals surface area contributed by atoms with Gasteiger partial charge in [0.1, 0.15) is 0 Å². The molecule has 4 heteroatoms. The Morgan fingerprint density at radius 2 is 1.53 bits per heavy atom. The molecule has 0 aromatic heterocycles. The first-order valence-corrected chi connectivity index (χ1v) is 7.41. The molecule has 0 saturated heterocycles. The van der Waals surface area contributed by atoms with Gasteiger partial charge in [-0.2, -0.15) is 8.78 Å². The molecule has 0 aromatic carbocycles. The largest absolute Gasteiger partial charge is 0.302 e. The average molecular weight is 348 g/mol. The van der Waals surface area contributed by atoms with Crippen molar-refractivity contribution in [2.75, 3.05) is 0 Å². The van der Waals surface area contributed by atoms with Crippen LogP contribution in [0.2, 0.25) is 0 Å². The number of alkyl halides is 4. The third kappa shape index (κ3) is 6.20. The Morgan fingerprint density at radius 3 is 2.00 bits per heavy atom. The Labute approximate surface area is 107 Å². The van der Waals surface area contributed by atoms with Gasteiger partial charge >= 0.3 is 4.83 Å². The zero-order valence-corrected chi connectivity index (χ0v) is 12.0. The van der Waals surface area contributed by atoms with E-state index in [-0.39, 0.29) is 11.2 Å². The van der Waals surface area contributed by atoms with Crippen LogP contribution in [-0.2, 0) is 0 Å². The van der Waals surface area contributed by atoms with Crippen LogP contribution in [0.5, 0.6) is 0 Å². The second-order valence-electron chi connectivity index (χ2n) is 4.44. The topological polar surface area (TPSA) is 0 Å². The lowest BCUT2D eigenvalue weighted by Crippen LogP contribution is -2.22. The van der Waals surface area contributed by atoms with Crippen molar-refractivity contribution < 1.29 is 8.78 Å². The van der Waals surface area contributed by atoms with Crippen molar-refractivity contribution in [1.82, 2.24) is 0 Å². The first-order chi connectivity index (χ1) is 6.99. The summed E-state index contributed by atoms with van der Waals surface area (Å²) in [6, 6.07) is 0. The highest BCUT2D eigenvalue weighted by atomic mass is 79.9. The van der Waals surface area contributed by atoms with Gasteiger partial charge in [-0.3, -0.25) is 0 Å². The predicted molar refractivity (Wildman–Crippen MR) is 67.0 cm³/mol. The Hall–Kier alpha value is 0.820. The van der Waals surface area contributed by atoms with E-state index in [0.717, 1.165) is 12.8 Å². The average Bonchev–Trinajstić information content (AvgIpc) is 1.98. The molecule has 0 bridgehead atoms. The number of hydrogen-bond acceptors (Lipinski definition) is 0. The number of hydrogen-bond donors (Lipinski definition) is 0. The summed E-state index contributed by atoms with van der Waals surface area (Å²) in [5.74, 6) is 0.425. The van der Waals surface area contributed by atoms with Crippen molar-refractivity contribution >= 4 is 31.9 Å². The minimum atomic E-state index is -2.72. The lowest BCUT2D eigenvalue weighted by molar-refractivity contribution is 0.0967. The van der Waals surface area contributed by atoms with E-state index in [9.17, 15) is 8.78 Å². The van der Waals surface area contributed by atoms with Crippen molar-refractivity contribution in [2.45, 2.75) is 61.0 Å². The summed E-state index contributed by atoms with van der Waals surface area (Å²) in [7, 11) is 0. The van der Waals surface area contributed by atoms with E-state index in [0.29, 0.717) is 5.92 Å². The fourth-order valence-electron chi connectivity index (χ4n) is 2.24. The van der Waals surface area contributed by atoms with Crippen LogP contribution in [-0.4, -0.2) is 9.66 Å². The zero-order chi connectivity index (χ0) is 11.3. The molecule has 1 atom stereocenters. The summed E-state index contributed by atoms with van der Waals surface area (Å²) in [5, 5.41) is 0. The van der Waals surface area contributed by atoms with Crippen molar-refractivity contribution in [3.63, 3.8) is 0 Å². The van der Waals surface area contributed by atoms with Crippen molar-refractivity contribution in [3.05, 3.63) is 0 Å². The summed E-state index contributed by atoms with van der Waals surface area (Å²) in [6.07, 6.45) is 8.33. The lowest BCUT2D eigenvalue weighted by Gasteiger charge is -2.25. The molecule has 0 spiro atoms. The molecule has 0 amide bonds. The molecule has 15 heavy (non-hydrogen) atoms. The molecular weight excluding hydrogens is 330 g/mol. The van der Waals surface area contributed by atoms with Crippen LogP contribution in [0.4, 0.5) is 8.78 Å². The highest BCUT2D eigenvalue weighted by Gasteiger charge is 2.31. The fourth-order valence-corrected chi connectivity index (χ4v) is 3.96. The van der Waals surface area contributed by atoms with E-state index in [1.165, 1.54) is 32.1 Å². The van der Waals surface area contributed by atoms with Gasteiger partial charge in [0.15, 0.2) is 0 Å². The van der Waals surface area contributed by atoms with Gasteiger partial charge < -0.3 is 0 Å². The van der Waals surface area contributed by atoms with Crippen LogP contribution in [0.25, 0.3) is 0 Å². The minimum Gasteiger partial charge on any atom is -0.194 e. The van der Waals surface area contributed by atoms with Gasteiger partial charge in [0.25, 0.3) is 0 Å². The van der Waals surface area contributed by atoms with E-state index in [1.54, 1.807) is 0 Å². The summed E-state index contributed by atoms with van der Waals surface area (Å²) >= 11 is 5.84. The third-order valence-corrected chi connectivity index (χ3v) is 4.48. The third-order valence-electron chi connectivity index (χ3n) is 3.09. The maximum atomic E-state index is 12.8. The van der Waals surface area contributed by atoms with E-state index in [1.807, 2.05) is 0 Å². The standard InChI is InChI=1S/C11H18Br2F2/c12-10(8-11(13,14)15)9-6-4-2-1-3-5-7-9/h9-10H,1-8H2. The van der Waals surface area contributed by atoms with Crippen LogP contribution in [0.1, 0.15) is 51.4 Å². The molecular formula is C11H18Br2F2. The zero-order valence-electron chi connectivity index (χ0n) is 8.82. The minimum absolute atomic E-state index is 0.0509. The van der Waals surface area contributed by atoms with Crippen LogP contribution >= 0.6 is 31.9 Å². The van der Waals surface area contributed by atoms with E-state index < -0.39 is 4.83 Å². The molecule has 0 nitrogen and oxygen atoms in total. The molecule has 1 unspecified atom stereocenters. The van der Waals surface area contributed by atoms with Gasteiger partial charge in [-0.25, -0.2) is 0 Å². The Bertz CT molecular complexity index is 172. The first kappa shape index (κ1) is 13.9. The second kappa shape index (κ2) is 6.53. The summed E-state index contributed by atoms with van der Waals surface area (Å²) in [5.41, 5.74) is 0. The first-order valence-electron chi connectivity index (χ1n) is 5.70. The maximum absolute atomic E-state index is 12.8. The molecule has 0 N–H and O–H groups in total. The van der Waals surface area contributed by atoms with Gasteiger partial charge in [-0.05, 0) is 34.7 Å². The van der Waals surface area contributed by atoms with Crippen molar-refractivity contribution in [1.29, 1.82) is 0 Å². The number of halogens is 4. The molecule has 0 heterocycles. The van der Waals surface area contributed by atoms with Gasteiger partial charge in [-0.15, -0.1) is 0 Å². The molecule has 90 valence electrons. The van der Waals surface area contributed by atoms with E-state index >= 15 is 0 Å². The maximum Gasteiger partial charge on any atom is 0.302 e. The Morgan fingerprint density at radius 1 is 1.07 bits per heavy atom. The quantitative estimate of drug-likeness (QED) is 0.592. The number of rotatable bonds is 3. The van der Waals surface area contributed by atoms with Gasteiger partial charge in [0.2, 0.25) is 0 Å². The molecule has 1 fully saturated rings. The molecule has 1 aliphatic rings. The molecule has 1 rings (SSSR count). The highest BCUT2D eigenvalue weighted by Crippen LogP contribution is 2.37. The van der Waals surface area contributed by atoms with E-state index in [2.05, 4.69) is 31.9 Å². The van der Waals surface area contributed by atoms with Gasteiger partial charge in [-0.1, -0.05) is 48.0 Å². The monoisotopic (exact) mass is 346 g/mol. The lowest BCUT2D eigenvalue weighted by atomic mass is 9.88. The highest BCUT2D eigenvalue weighted by molar-refractivity contribution is 9.10. The molecule has 0 aliphatic heterocycles. The van der Waals surface area contributed by atoms with Gasteiger partial charge in [0.05, 0.1) is 0 Å². The second-order valence-corrected chi connectivity index (χ2v) is 6.78. The van der Waals surface area contributed by atoms with Crippen molar-refractivity contribution in [2.24, 2.45) is 5.92 Å². The van der Waals surface area contributed by atoms with Crippen LogP contribution in [0.3, 0.4) is 0 Å². The summed E-state index contributed by atoms with van der Waals surface area (Å²) in [4.78, 5) is -2.77. The molecule has 1 saturated carbocycles. The van der Waals surface area contributed by atoms with Crippen LogP contribution in [0, 0.1) is 5.92 Å².